The Balaban J connectivity index is 2.60. The fraction of sp³-hybridized carbons (Fsp3) is 0.333. The van der Waals surface area contributed by atoms with Crippen molar-refractivity contribution in [2.75, 3.05) is 6.54 Å². The monoisotopic (exact) mass is 331 g/mol. The predicted molar refractivity (Wildman–Crippen MR) is 71.3 cm³/mol. The third-order valence-corrected chi connectivity index (χ3v) is 3.13. The van der Waals surface area contributed by atoms with Crippen LogP contribution in [0.3, 0.4) is 0 Å². The highest BCUT2D eigenvalue weighted by Gasteiger charge is 2.12. The van der Waals surface area contributed by atoms with E-state index in [2.05, 4.69) is 27.9 Å². The largest absolute Gasteiger partial charge is 0.345 e. The number of nitrogens with one attached hydrogen (secondary N) is 1. The number of hydrogen-bond acceptors (Lipinski definition) is 2. The molecule has 0 aromatic heterocycles. The van der Waals surface area contributed by atoms with E-state index < -0.39 is 0 Å². The van der Waals surface area contributed by atoms with Crippen molar-refractivity contribution in [3.63, 3.8) is 0 Å². The minimum atomic E-state index is -0.195. The van der Waals surface area contributed by atoms with Gasteiger partial charge in [0.15, 0.2) is 5.78 Å². The first kappa shape index (κ1) is 13.2. The molecule has 4 heteroatoms. The zero-order valence-corrected chi connectivity index (χ0v) is 11.4. The standard InChI is InChI=1S/C12H14INO2/c1-8(2)11(15)7-14-12(16)9-5-3-4-6-10(9)13/h3-6,8H,7H2,1-2H3,(H,14,16). The number of Topliss-reactive ketones (excluding diaryl/α,β-unsaturated/α-hetero) is 1. The Morgan fingerprint density at radius 2 is 1.94 bits per heavy atom. The van der Waals surface area contributed by atoms with Crippen LogP contribution in [-0.2, 0) is 4.79 Å². The summed E-state index contributed by atoms with van der Waals surface area (Å²) in [5.41, 5.74) is 0.611. The fourth-order valence-electron chi connectivity index (χ4n) is 1.11. The Labute approximate surface area is 109 Å². The maximum atomic E-state index is 11.7. The average molecular weight is 331 g/mol. The SMILES string of the molecule is CC(C)C(=O)CNC(=O)c1ccccc1I. The molecule has 0 aliphatic heterocycles. The van der Waals surface area contributed by atoms with Crippen molar-refractivity contribution in [1.29, 1.82) is 0 Å². The molecule has 0 saturated heterocycles. The number of amides is 1. The predicted octanol–water partition coefficient (Wildman–Crippen LogP) is 2.25. The minimum Gasteiger partial charge on any atom is -0.345 e. The summed E-state index contributed by atoms with van der Waals surface area (Å²) in [6.45, 7) is 3.74. The molecule has 1 aromatic rings. The molecule has 0 aliphatic carbocycles. The van der Waals surface area contributed by atoms with E-state index in [-0.39, 0.29) is 24.2 Å². The normalized spacial score (nSPS) is 10.2. The highest BCUT2D eigenvalue weighted by atomic mass is 127. The van der Waals surface area contributed by atoms with Gasteiger partial charge in [0.05, 0.1) is 12.1 Å². The van der Waals surface area contributed by atoms with Crippen LogP contribution in [0.25, 0.3) is 0 Å². The van der Waals surface area contributed by atoms with E-state index in [1.165, 1.54) is 0 Å². The van der Waals surface area contributed by atoms with Gasteiger partial charge in [-0.15, -0.1) is 0 Å². The highest BCUT2D eigenvalue weighted by molar-refractivity contribution is 14.1. The van der Waals surface area contributed by atoms with E-state index in [4.69, 9.17) is 0 Å². The van der Waals surface area contributed by atoms with Crippen LogP contribution in [0.15, 0.2) is 24.3 Å². The first-order valence-corrected chi connectivity index (χ1v) is 6.15. The van der Waals surface area contributed by atoms with Gasteiger partial charge in [0, 0.05) is 9.49 Å². The maximum absolute atomic E-state index is 11.7. The quantitative estimate of drug-likeness (QED) is 0.860. The zero-order chi connectivity index (χ0) is 12.1. The molecule has 86 valence electrons. The Morgan fingerprint density at radius 3 is 2.50 bits per heavy atom. The number of benzene rings is 1. The van der Waals surface area contributed by atoms with E-state index in [0.29, 0.717) is 5.56 Å². The Morgan fingerprint density at radius 1 is 1.31 bits per heavy atom. The lowest BCUT2D eigenvalue weighted by Crippen LogP contribution is -2.31. The molecular formula is C12H14INO2. The minimum absolute atomic E-state index is 0.0410. The van der Waals surface area contributed by atoms with E-state index in [1.54, 1.807) is 12.1 Å². The van der Waals surface area contributed by atoms with Crippen molar-refractivity contribution < 1.29 is 9.59 Å². The molecule has 0 saturated carbocycles. The van der Waals surface area contributed by atoms with Crippen LogP contribution < -0.4 is 5.32 Å². The van der Waals surface area contributed by atoms with E-state index in [9.17, 15) is 9.59 Å². The maximum Gasteiger partial charge on any atom is 0.252 e. The van der Waals surface area contributed by atoms with Gasteiger partial charge in [-0.1, -0.05) is 26.0 Å². The molecule has 1 amide bonds. The van der Waals surface area contributed by atoms with Gasteiger partial charge in [-0.05, 0) is 34.7 Å². The van der Waals surface area contributed by atoms with Crippen molar-refractivity contribution in [3.05, 3.63) is 33.4 Å². The van der Waals surface area contributed by atoms with Gasteiger partial charge < -0.3 is 5.32 Å². The number of hydrogen-bond donors (Lipinski definition) is 1. The van der Waals surface area contributed by atoms with Crippen LogP contribution in [0.5, 0.6) is 0 Å². The summed E-state index contributed by atoms with van der Waals surface area (Å²) >= 11 is 2.10. The summed E-state index contributed by atoms with van der Waals surface area (Å²) in [5.74, 6) is -0.201. The summed E-state index contributed by atoms with van der Waals surface area (Å²) in [4.78, 5) is 23.1. The molecule has 1 rings (SSSR count). The van der Waals surface area contributed by atoms with Crippen LogP contribution in [0.2, 0.25) is 0 Å². The highest BCUT2D eigenvalue weighted by Crippen LogP contribution is 2.10. The summed E-state index contributed by atoms with van der Waals surface area (Å²) in [6, 6.07) is 7.29. The molecule has 0 bridgehead atoms. The zero-order valence-electron chi connectivity index (χ0n) is 9.29. The summed E-state index contributed by atoms with van der Waals surface area (Å²) in [5, 5.41) is 2.63. The third kappa shape index (κ3) is 3.59. The molecule has 0 heterocycles. The van der Waals surface area contributed by atoms with Crippen LogP contribution in [0.1, 0.15) is 24.2 Å². The van der Waals surface area contributed by atoms with E-state index in [0.717, 1.165) is 3.57 Å². The van der Waals surface area contributed by atoms with Crippen molar-refractivity contribution in [2.45, 2.75) is 13.8 Å². The molecule has 0 aliphatic rings. The molecule has 0 unspecified atom stereocenters. The molecule has 16 heavy (non-hydrogen) atoms. The number of rotatable bonds is 4. The van der Waals surface area contributed by atoms with Gasteiger partial charge in [0.2, 0.25) is 0 Å². The second kappa shape index (κ2) is 5.98. The first-order chi connectivity index (χ1) is 7.52. The van der Waals surface area contributed by atoms with Crippen LogP contribution >= 0.6 is 22.6 Å². The summed E-state index contributed by atoms with van der Waals surface area (Å²) in [6.07, 6.45) is 0. The van der Waals surface area contributed by atoms with Gasteiger partial charge >= 0.3 is 0 Å². The molecule has 0 atom stereocenters. The molecule has 0 radical (unpaired) electrons. The van der Waals surface area contributed by atoms with Gasteiger partial charge in [-0.2, -0.15) is 0 Å². The first-order valence-electron chi connectivity index (χ1n) is 5.08. The summed E-state index contributed by atoms with van der Waals surface area (Å²) < 4.78 is 0.884. The van der Waals surface area contributed by atoms with Gasteiger partial charge in [-0.25, -0.2) is 0 Å². The van der Waals surface area contributed by atoms with Crippen LogP contribution in [0.4, 0.5) is 0 Å². The number of ketones is 1. The lowest BCUT2D eigenvalue weighted by Gasteiger charge is -2.07. The van der Waals surface area contributed by atoms with Crippen LogP contribution in [0, 0.1) is 9.49 Å². The molecule has 0 fully saturated rings. The van der Waals surface area contributed by atoms with E-state index >= 15 is 0 Å². The molecular weight excluding hydrogens is 317 g/mol. The van der Waals surface area contributed by atoms with Crippen molar-refractivity contribution in [3.8, 4) is 0 Å². The smallest absolute Gasteiger partial charge is 0.252 e. The average Bonchev–Trinajstić information content (AvgIpc) is 2.25. The Kier molecular flexibility index (Phi) is 4.92. The summed E-state index contributed by atoms with van der Waals surface area (Å²) in [7, 11) is 0. The van der Waals surface area contributed by atoms with Crippen molar-refractivity contribution in [2.24, 2.45) is 5.92 Å². The number of halogens is 1. The molecule has 1 aromatic carbocycles. The molecule has 0 spiro atoms. The number of carbonyl (C=O) groups is 2. The Hall–Kier alpha value is -0.910. The van der Waals surface area contributed by atoms with Crippen LogP contribution in [-0.4, -0.2) is 18.2 Å². The van der Waals surface area contributed by atoms with Gasteiger partial charge in [-0.3, -0.25) is 9.59 Å². The Bertz CT molecular complexity index is 402. The molecule has 1 N–H and O–H groups in total. The van der Waals surface area contributed by atoms with Gasteiger partial charge in [0.25, 0.3) is 5.91 Å². The third-order valence-electron chi connectivity index (χ3n) is 2.19. The lowest BCUT2D eigenvalue weighted by molar-refractivity contribution is -0.120. The van der Waals surface area contributed by atoms with Gasteiger partial charge in [0.1, 0.15) is 0 Å². The lowest BCUT2D eigenvalue weighted by atomic mass is 10.1. The van der Waals surface area contributed by atoms with Crippen molar-refractivity contribution in [1.82, 2.24) is 5.32 Å². The topological polar surface area (TPSA) is 46.2 Å². The number of carbonyl (C=O) groups excluding carboxylic acids is 2. The second-order valence-corrected chi connectivity index (χ2v) is 4.95. The second-order valence-electron chi connectivity index (χ2n) is 3.78. The fourth-order valence-corrected chi connectivity index (χ4v) is 1.74. The molecule has 3 nitrogen and oxygen atoms in total. The van der Waals surface area contributed by atoms with E-state index in [1.807, 2.05) is 26.0 Å². The van der Waals surface area contributed by atoms with Crippen molar-refractivity contribution >= 4 is 34.3 Å².